The molecule has 0 amide bonds. The Balaban J connectivity index is 2.16. The number of methoxy groups -OCH3 is 1. The second-order valence-corrected chi connectivity index (χ2v) is 3.45. The fourth-order valence-corrected chi connectivity index (χ4v) is 1.57. The van der Waals surface area contributed by atoms with E-state index < -0.39 is 0 Å². The van der Waals surface area contributed by atoms with Gasteiger partial charge in [0.2, 0.25) is 0 Å². The summed E-state index contributed by atoms with van der Waals surface area (Å²) in [6.45, 7) is 2.92. The predicted octanol–water partition coefficient (Wildman–Crippen LogP) is -0.157. The molecule has 1 heterocycles. The molecule has 4 nitrogen and oxygen atoms in total. The summed E-state index contributed by atoms with van der Waals surface area (Å²) in [5.41, 5.74) is 0. The highest BCUT2D eigenvalue weighted by Crippen LogP contribution is 2.06. The van der Waals surface area contributed by atoms with Gasteiger partial charge in [0.15, 0.2) is 0 Å². The molecule has 1 atom stereocenters. The molecule has 0 aromatic rings. The quantitative estimate of drug-likeness (QED) is 0.620. The largest absolute Gasteiger partial charge is 0.469 e. The Hall–Kier alpha value is -0.610. The smallest absolute Gasteiger partial charge is 0.306 e. The van der Waals surface area contributed by atoms with Crippen LogP contribution >= 0.6 is 0 Å². The van der Waals surface area contributed by atoms with Crippen LogP contribution in [0, 0.1) is 0 Å². The maximum absolute atomic E-state index is 10.9. The van der Waals surface area contributed by atoms with E-state index in [1.165, 1.54) is 13.5 Å². The lowest BCUT2D eigenvalue weighted by Gasteiger charge is -2.22. The van der Waals surface area contributed by atoms with Gasteiger partial charge >= 0.3 is 5.97 Å². The van der Waals surface area contributed by atoms with Crippen molar-refractivity contribution in [3.05, 3.63) is 0 Å². The molecule has 0 bridgehead atoms. The van der Waals surface area contributed by atoms with Crippen molar-refractivity contribution in [1.82, 2.24) is 10.2 Å². The number of hydrogen-bond donors (Lipinski definition) is 1. The minimum absolute atomic E-state index is 0.127. The summed E-state index contributed by atoms with van der Waals surface area (Å²) in [6.07, 6.45) is 1.67. The molecule has 1 aliphatic heterocycles. The van der Waals surface area contributed by atoms with E-state index in [9.17, 15) is 4.79 Å². The molecule has 0 spiro atoms. The minimum atomic E-state index is -0.127. The third kappa shape index (κ3) is 3.32. The van der Waals surface area contributed by atoms with Gasteiger partial charge < -0.3 is 15.0 Å². The molecule has 0 aliphatic carbocycles. The van der Waals surface area contributed by atoms with Gasteiger partial charge in [0, 0.05) is 19.1 Å². The molecule has 0 saturated carbocycles. The first kappa shape index (κ1) is 10.5. The first-order chi connectivity index (χ1) is 6.24. The average molecular weight is 186 g/mol. The molecule has 1 unspecified atom stereocenters. The van der Waals surface area contributed by atoms with E-state index in [0.717, 1.165) is 19.6 Å². The molecule has 1 aliphatic rings. The van der Waals surface area contributed by atoms with Crippen molar-refractivity contribution >= 4 is 5.97 Å². The number of esters is 1. The van der Waals surface area contributed by atoms with Crippen molar-refractivity contribution in [3.63, 3.8) is 0 Å². The Morgan fingerprint density at radius 1 is 1.69 bits per heavy atom. The standard InChI is InChI=1S/C9H18N2O2/c1-11(6-4-9(12)13-2)8-3-5-10-7-8/h8,10H,3-7H2,1-2H3. The van der Waals surface area contributed by atoms with Crippen LogP contribution in [0.25, 0.3) is 0 Å². The summed E-state index contributed by atoms with van der Waals surface area (Å²) in [6, 6.07) is 0.588. The van der Waals surface area contributed by atoms with Crippen LogP contribution in [-0.4, -0.2) is 50.7 Å². The van der Waals surface area contributed by atoms with Crippen LogP contribution in [0.5, 0.6) is 0 Å². The molecule has 1 fully saturated rings. The summed E-state index contributed by atoms with van der Waals surface area (Å²) in [5.74, 6) is -0.127. The van der Waals surface area contributed by atoms with Gasteiger partial charge in [0.1, 0.15) is 0 Å². The Kier molecular flexibility index (Phi) is 4.18. The van der Waals surface area contributed by atoms with Crippen molar-refractivity contribution in [2.24, 2.45) is 0 Å². The SMILES string of the molecule is COC(=O)CCN(C)C1CCNC1. The maximum Gasteiger partial charge on any atom is 0.306 e. The molecule has 13 heavy (non-hydrogen) atoms. The summed E-state index contributed by atoms with van der Waals surface area (Å²) >= 11 is 0. The van der Waals surface area contributed by atoms with Gasteiger partial charge in [-0.3, -0.25) is 4.79 Å². The summed E-state index contributed by atoms with van der Waals surface area (Å²) in [5, 5.41) is 3.30. The van der Waals surface area contributed by atoms with E-state index in [0.29, 0.717) is 12.5 Å². The number of carbonyl (C=O) groups excluding carboxylic acids is 1. The van der Waals surface area contributed by atoms with Crippen LogP contribution in [-0.2, 0) is 9.53 Å². The van der Waals surface area contributed by atoms with Gasteiger partial charge in [-0.2, -0.15) is 0 Å². The molecule has 1 saturated heterocycles. The van der Waals surface area contributed by atoms with Gasteiger partial charge in [-0.1, -0.05) is 0 Å². The van der Waals surface area contributed by atoms with Crippen molar-refractivity contribution in [2.45, 2.75) is 18.9 Å². The molecule has 0 aromatic heterocycles. The van der Waals surface area contributed by atoms with Crippen LogP contribution in [0.2, 0.25) is 0 Å². The van der Waals surface area contributed by atoms with E-state index in [1.807, 2.05) is 0 Å². The molecule has 0 radical (unpaired) electrons. The number of rotatable bonds is 4. The Bertz CT molecular complexity index is 167. The van der Waals surface area contributed by atoms with Crippen LogP contribution in [0.1, 0.15) is 12.8 Å². The van der Waals surface area contributed by atoms with Gasteiger partial charge in [-0.25, -0.2) is 0 Å². The fraction of sp³-hybridized carbons (Fsp3) is 0.889. The Morgan fingerprint density at radius 2 is 2.46 bits per heavy atom. The molecule has 1 rings (SSSR count). The highest BCUT2D eigenvalue weighted by molar-refractivity contribution is 5.69. The highest BCUT2D eigenvalue weighted by Gasteiger charge is 2.19. The predicted molar refractivity (Wildman–Crippen MR) is 50.5 cm³/mol. The maximum atomic E-state index is 10.9. The highest BCUT2D eigenvalue weighted by atomic mass is 16.5. The zero-order valence-corrected chi connectivity index (χ0v) is 8.38. The van der Waals surface area contributed by atoms with Crippen molar-refractivity contribution in [1.29, 1.82) is 0 Å². The topological polar surface area (TPSA) is 41.6 Å². The summed E-state index contributed by atoms with van der Waals surface area (Å²) < 4.78 is 4.58. The lowest BCUT2D eigenvalue weighted by atomic mass is 10.2. The molecule has 1 N–H and O–H groups in total. The first-order valence-electron chi connectivity index (χ1n) is 4.72. The van der Waals surface area contributed by atoms with Crippen molar-refractivity contribution in [2.75, 3.05) is 33.8 Å². The minimum Gasteiger partial charge on any atom is -0.469 e. The monoisotopic (exact) mass is 186 g/mol. The average Bonchev–Trinajstić information content (AvgIpc) is 2.66. The Morgan fingerprint density at radius 3 is 3.00 bits per heavy atom. The summed E-state index contributed by atoms with van der Waals surface area (Å²) in [4.78, 5) is 13.1. The van der Waals surface area contributed by atoms with Crippen LogP contribution in [0.15, 0.2) is 0 Å². The molecule has 4 heteroatoms. The van der Waals surface area contributed by atoms with E-state index >= 15 is 0 Å². The molecular formula is C9H18N2O2. The molecular weight excluding hydrogens is 168 g/mol. The number of hydrogen-bond acceptors (Lipinski definition) is 4. The zero-order valence-electron chi connectivity index (χ0n) is 8.38. The van der Waals surface area contributed by atoms with Gasteiger partial charge in [-0.15, -0.1) is 0 Å². The van der Waals surface area contributed by atoms with E-state index in [1.54, 1.807) is 0 Å². The van der Waals surface area contributed by atoms with Crippen LogP contribution < -0.4 is 5.32 Å². The van der Waals surface area contributed by atoms with E-state index in [-0.39, 0.29) is 5.97 Å². The molecule has 0 aromatic carbocycles. The second kappa shape index (κ2) is 5.19. The lowest BCUT2D eigenvalue weighted by molar-refractivity contribution is -0.141. The first-order valence-corrected chi connectivity index (χ1v) is 4.72. The zero-order chi connectivity index (χ0) is 9.68. The van der Waals surface area contributed by atoms with Gasteiger partial charge in [0.25, 0.3) is 0 Å². The van der Waals surface area contributed by atoms with Crippen molar-refractivity contribution in [3.8, 4) is 0 Å². The normalized spacial score (nSPS) is 22.2. The lowest BCUT2D eigenvalue weighted by Crippen LogP contribution is -2.35. The van der Waals surface area contributed by atoms with E-state index in [2.05, 4.69) is 22.0 Å². The van der Waals surface area contributed by atoms with Crippen LogP contribution in [0.4, 0.5) is 0 Å². The molecule has 76 valence electrons. The van der Waals surface area contributed by atoms with Gasteiger partial charge in [-0.05, 0) is 20.0 Å². The van der Waals surface area contributed by atoms with E-state index in [4.69, 9.17) is 0 Å². The third-order valence-corrected chi connectivity index (χ3v) is 2.55. The second-order valence-electron chi connectivity index (χ2n) is 3.45. The number of nitrogens with one attached hydrogen (secondary N) is 1. The Labute approximate surface area is 79.2 Å². The van der Waals surface area contributed by atoms with Gasteiger partial charge in [0.05, 0.1) is 13.5 Å². The number of ether oxygens (including phenoxy) is 1. The van der Waals surface area contributed by atoms with Crippen LogP contribution in [0.3, 0.4) is 0 Å². The number of nitrogens with zero attached hydrogens (tertiary/aromatic N) is 1. The summed E-state index contributed by atoms with van der Waals surface area (Å²) in [7, 11) is 3.49. The third-order valence-electron chi connectivity index (χ3n) is 2.55. The number of carbonyl (C=O) groups is 1. The number of likely N-dealkylation sites (N-methyl/N-ethyl adjacent to an activating group) is 1. The fourth-order valence-electron chi connectivity index (χ4n) is 1.57. The van der Waals surface area contributed by atoms with Crippen molar-refractivity contribution < 1.29 is 9.53 Å².